The van der Waals surface area contributed by atoms with Crippen LogP contribution in [-0.2, 0) is 11.2 Å². The number of carbonyl (C=O) groups excluding carboxylic acids is 1. The van der Waals surface area contributed by atoms with E-state index in [9.17, 15) is 14.4 Å². The van der Waals surface area contributed by atoms with Gasteiger partial charge >= 0.3 is 5.69 Å². The van der Waals surface area contributed by atoms with Crippen LogP contribution in [-0.4, -0.2) is 48.5 Å². The third-order valence-electron chi connectivity index (χ3n) is 5.14. The number of nitrogens with zero attached hydrogens (tertiary/aromatic N) is 4. The summed E-state index contributed by atoms with van der Waals surface area (Å²) >= 11 is 0. The number of piperidine rings is 1. The lowest BCUT2D eigenvalue weighted by molar-refractivity contribution is -0.131. The molecule has 0 radical (unpaired) electrons. The molecule has 0 saturated carbocycles. The molecule has 1 aliphatic heterocycles. The molecular formula is C18H20N6O3. The second kappa shape index (κ2) is 6.82. The average molecular weight is 368 g/mol. The van der Waals surface area contributed by atoms with Gasteiger partial charge in [-0.05, 0) is 31.9 Å². The highest BCUT2D eigenvalue weighted by atomic mass is 16.2. The molecule has 2 N–H and O–H groups in total. The molecule has 3 aromatic heterocycles. The molecule has 1 fully saturated rings. The number of carbonyl (C=O) groups is 1. The van der Waals surface area contributed by atoms with E-state index >= 15 is 0 Å². The summed E-state index contributed by atoms with van der Waals surface area (Å²) in [5.74, 6) is 1.05. The molecule has 3 aromatic rings. The van der Waals surface area contributed by atoms with Crippen molar-refractivity contribution in [2.45, 2.75) is 32.1 Å². The smallest absolute Gasteiger partial charge is 0.325 e. The third-order valence-corrected chi connectivity index (χ3v) is 5.14. The fourth-order valence-corrected chi connectivity index (χ4v) is 3.63. The monoisotopic (exact) mass is 368 g/mol. The number of likely N-dealkylation sites (tertiary alicyclic amines) is 1. The Kier molecular flexibility index (Phi) is 4.35. The number of H-pyrrole nitrogens is 2. The second-order valence-electron chi connectivity index (χ2n) is 6.83. The number of hydrogen-bond acceptors (Lipinski definition) is 5. The molecule has 0 spiro atoms. The summed E-state index contributed by atoms with van der Waals surface area (Å²) in [6, 6.07) is 5.79. The maximum absolute atomic E-state index is 12.6. The lowest BCUT2D eigenvalue weighted by atomic mass is 9.95. The maximum atomic E-state index is 12.6. The van der Waals surface area contributed by atoms with Gasteiger partial charge in [-0.2, -0.15) is 0 Å². The van der Waals surface area contributed by atoms with Gasteiger partial charge in [-0.25, -0.2) is 4.79 Å². The predicted molar refractivity (Wildman–Crippen MR) is 97.7 cm³/mol. The first kappa shape index (κ1) is 17.2. The van der Waals surface area contributed by atoms with Crippen LogP contribution >= 0.6 is 0 Å². The Hall–Kier alpha value is -3.23. The van der Waals surface area contributed by atoms with Gasteiger partial charge in [0.2, 0.25) is 5.91 Å². The Morgan fingerprint density at radius 1 is 1.19 bits per heavy atom. The summed E-state index contributed by atoms with van der Waals surface area (Å²) < 4.78 is 1.99. The van der Waals surface area contributed by atoms with E-state index in [1.165, 1.54) is 0 Å². The Balaban J connectivity index is 1.44. The van der Waals surface area contributed by atoms with Crippen molar-refractivity contribution in [3.05, 3.63) is 62.3 Å². The molecule has 9 heteroatoms. The number of pyridine rings is 1. The third kappa shape index (κ3) is 3.27. The van der Waals surface area contributed by atoms with E-state index in [-0.39, 0.29) is 18.2 Å². The molecule has 0 bridgehead atoms. The van der Waals surface area contributed by atoms with Gasteiger partial charge in [0.05, 0.1) is 6.42 Å². The molecule has 1 saturated heterocycles. The van der Waals surface area contributed by atoms with E-state index < -0.39 is 11.2 Å². The molecule has 140 valence electrons. The van der Waals surface area contributed by atoms with Gasteiger partial charge < -0.3 is 9.88 Å². The summed E-state index contributed by atoms with van der Waals surface area (Å²) in [5.41, 5.74) is 0.496. The Morgan fingerprint density at radius 2 is 1.96 bits per heavy atom. The van der Waals surface area contributed by atoms with E-state index in [0.717, 1.165) is 24.3 Å². The van der Waals surface area contributed by atoms with Crippen molar-refractivity contribution in [2.24, 2.45) is 0 Å². The first-order valence-electron chi connectivity index (χ1n) is 8.92. The van der Waals surface area contributed by atoms with Gasteiger partial charge in [-0.15, -0.1) is 10.2 Å². The highest BCUT2D eigenvalue weighted by Crippen LogP contribution is 2.27. The van der Waals surface area contributed by atoms with Crippen molar-refractivity contribution in [1.82, 2.24) is 29.5 Å². The summed E-state index contributed by atoms with van der Waals surface area (Å²) in [6.07, 6.45) is 3.52. The van der Waals surface area contributed by atoms with Gasteiger partial charge in [0.15, 0.2) is 5.65 Å². The normalized spacial score (nSPS) is 15.4. The highest BCUT2D eigenvalue weighted by molar-refractivity contribution is 5.79. The van der Waals surface area contributed by atoms with Gasteiger partial charge in [-0.1, -0.05) is 6.07 Å². The van der Waals surface area contributed by atoms with Crippen LogP contribution in [0.2, 0.25) is 0 Å². The van der Waals surface area contributed by atoms with Crippen LogP contribution in [0, 0.1) is 6.92 Å². The number of aromatic nitrogens is 5. The van der Waals surface area contributed by atoms with E-state index in [0.29, 0.717) is 24.3 Å². The zero-order chi connectivity index (χ0) is 19.0. The molecule has 0 aromatic carbocycles. The number of hydrogen-bond donors (Lipinski definition) is 2. The van der Waals surface area contributed by atoms with Crippen LogP contribution in [0.3, 0.4) is 0 Å². The predicted octanol–water partition coefficient (Wildman–Crippen LogP) is 0.363. The summed E-state index contributed by atoms with van der Waals surface area (Å²) in [6.45, 7) is 2.83. The first-order chi connectivity index (χ1) is 13.0. The van der Waals surface area contributed by atoms with Crippen molar-refractivity contribution >= 4 is 11.6 Å². The SMILES string of the molecule is Cc1[nH]c(=O)[nH]c(=O)c1CC(=O)N1CCC(c2nnc3ccccn23)CC1. The zero-order valence-electron chi connectivity index (χ0n) is 14.9. The fourth-order valence-electron chi connectivity index (χ4n) is 3.63. The average Bonchev–Trinajstić information content (AvgIpc) is 3.09. The number of aryl methyl sites for hydroxylation is 1. The molecule has 0 unspecified atom stereocenters. The van der Waals surface area contributed by atoms with E-state index in [1.807, 2.05) is 28.8 Å². The van der Waals surface area contributed by atoms with E-state index in [1.54, 1.807) is 11.8 Å². The summed E-state index contributed by atoms with van der Waals surface area (Å²) in [7, 11) is 0. The number of aromatic amines is 2. The van der Waals surface area contributed by atoms with Crippen LogP contribution in [0.4, 0.5) is 0 Å². The van der Waals surface area contributed by atoms with Crippen LogP contribution in [0.1, 0.15) is 35.8 Å². The van der Waals surface area contributed by atoms with Gasteiger partial charge in [0.25, 0.3) is 5.56 Å². The second-order valence-corrected chi connectivity index (χ2v) is 6.83. The lowest BCUT2D eigenvalue weighted by Gasteiger charge is -2.31. The molecule has 4 rings (SSSR count). The summed E-state index contributed by atoms with van der Waals surface area (Å²) in [5, 5.41) is 8.51. The van der Waals surface area contributed by atoms with Crippen molar-refractivity contribution in [3.63, 3.8) is 0 Å². The minimum atomic E-state index is -0.560. The van der Waals surface area contributed by atoms with Crippen molar-refractivity contribution < 1.29 is 4.79 Å². The quantitative estimate of drug-likeness (QED) is 0.693. The van der Waals surface area contributed by atoms with E-state index in [2.05, 4.69) is 20.2 Å². The fraction of sp³-hybridized carbons (Fsp3) is 0.389. The maximum Gasteiger partial charge on any atom is 0.325 e. The molecular weight excluding hydrogens is 348 g/mol. The number of rotatable bonds is 3. The molecule has 27 heavy (non-hydrogen) atoms. The minimum Gasteiger partial charge on any atom is -0.342 e. The Bertz CT molecular complexity index is 1100. The molecule has 0 atom stereocenters. The van der Waals surface area contributed by atoms with Gasteiger partial charge in [0, 0.05) is 36.5 Å². The standard InChI is InChI=1S/C18H20N6O3/c1-11-13(17(26)20-18(27)19-11)10-15(25)23-8-5-12(6-9-23)16-22-21-14-4-2-3-7-24(14)16/h2-4,7,12H,5-6,8-10H2,1H3,(H2,19,20,26,27). The molecule has 9 nitrogen and oxygen atoms in total. The van der Waals surface area contributed by atoms with Gasteiger partial charge in [0.1, 0.15) is 5.82 Å². The Labute approximate surface area is 154 Å². The van der Waals surface area contributed by atoms with Crippen molar-refractivity contribution in [2.75, 3.05) is 13.1 Å². The zero-order valence-corrected chi connectivity index (χ0v) is 14.9. The minimum absolute atomic E-state index is 0.0174. The van der Waals surface area contributed by atoms with Crippen LogP contribution in [0.25, 0.3) is 5.65 Å². The lowest BCUT2D eigenvalue weighted by Crippen LogP contribution is -2.40. The van der Waals surface area contributed by atoms with E-state index in [4.69, 9.17) is 0 Å². The van der Waals surface area contributed by atoms with Crippen molar-refractivity contribution in [3.8, 4) is 0 Å². The largest absolute Gasteiger partial charge is 0.342 e. The van der Waals surface area contributed by atoms with Gasteiger partial charge in [-0.3, -0.25) is 19.0 Å². The van der Waals surface area contributed by atoms with Crippen molar-refractivity contribution in [1.29, 1.82) is 0 Å². The number of fused-ring (bicyclic) bond motifs is 1. The molecule has 1 amide bonds. The van der Waals surface area contributed by atoms with Crippen LogP contribution in [0.15, 0.2) is 34.0 Å². The molecule has 0 aliphatic carbocycles. The summed E-state index contributed by atoms with van der Waals surface area (Å²) in [4.78, 5) is 42.3. The Morgan fingerprint density at radius 3 is 2.70 bits per heavy atom. The topological polar surface area (TPSA) is 116 Å². The first-order valence-corrected chi connectivity index (χ1v) is 8.92. The van der Waals surface area contributed by atoms with Crippen LogP contribution < -0.4 is 11.2 Å². The number of amides is 1. The van der Waals surface area contributed by atoms with Crippen LogP contribution in [0.5, 0.6) is 0 Å². The molecule has 1 aliphatic rings. The molecule has 4 heterocycles. The highest BCUT2D eigenvalue weighted by Gasteiger charge is 2.27. The number of nitrogens with one attached hydrogen (secondary N) is 2.